The fourth-order valence-corrected chi connectivity index (χ4v) is 5.43. The Kier molecular flexibility index (Phi) is 5.80. The van der Waals surface area contributed by atoms with Gasteiger partial charge in [-0.2, -0.15) is 0 Å². The predicted octanol–water partition coefficient (Wildman–Crippen LogP) is 3.89. The van der Waals surface area contributed by atoms with Gasteiger partial charge in [0.25, 0.3) is 15.9 Å². The number of urea groups is 1. The van der Waals surface area contributed by atoms with Gasteiger partial charge in [-0.3, -0.25) is 9.69 Å². The largest absolute Gasteiger partial charge is 0.349 e. The molecule has 0 radical (unpaired) electrons. The van der Waals surface area contributed by atoms with Crippen LogP contribution in [0.3, 0.4) is 0 Å². The standard InChI is InChI=1S/C26H26N4O4S/c1-17-3-10-22(11-4-17)35(33,34)30-14-13-29(26(30)32)24-12-7-20(16-27-24)23-15-19(6-5-18(23)2)25(31)28-21-8-9-21/h3-7,10-12,15-16,21H,8-9,13-14H2,1-2H3,(H,28,31). The summed E-state index contributed by atoms with van der Waals surface area (Å²) < 4.78 is 26.9. The molecule has 3 amide bonds. The van der Waals surface area contributed by atoms with Crippen molar-refractivity contribution in [2.75, 3.05) is 18.0 Å². The van der Waals surface area contributed by atoms with Crippen LogP contribution < -0.4 is 10.2 Å². The summed E-state index contributed by atoms with van der Waals surface area (Å²) >= 11 is 0. The minimum Gasteiger partial charge on any atom is -0.349 e. The van der Waals surface area contributed by atoms with E-state index < -0.39 is 16.1 Å². The zero-order valence-electron chi connectivity index (χ0n) is 19.6. The molecule has 1 saturated carbocycles. The Morgan fingerprint density at radius 2 is 1.74 bits per heavy atom. The SMILES string of the molecule is Cc1ccc(S(=O)(=O)N2CCN(c3ccc(-c4cc(C(=O)NC5CC5)ccc4C)cn3)C2=O)cc1. The lowest BCUT2D eigenvalue weighted by molar-refractivity contribution is 0.0951. The summed E-state index contributed by atoms with van der Waals surface area (Å²) in [6.07, 6.45) is 3.69. The van der Waals surface area contributed by atoms with E-state index in [9.17, 15) is 18.0 Å². The number of nitrogens with zero attached hydrogens (tertiary/aromatic N) is 3. The number of sulfonamides is 1. The number of nitrogens with one attached hydrogen (secondary N) is 1. The molecule has 0 unspecified atom stereocenters. The molecule has 180 valence electrons. The maximum atomic E-state index is 13.0. The molecule has 0 bridgehead atoms. The fraction of sp³-hybridized carbons (Fsp3) is 0.269. The first-order valence-corrected chi connectivity index (χ1v) is 13.0. The van der Waals surface area contributed by atoms with Gasteiger partial charge in [-0.25, -0.2) is 22.5 Å². The van der Waals surface area contributed by atoms with Gasteiger partial charge >= 0.3 is 6.03 Å². The molecule has 0 spiro atoms. The van der Waals surface area contributed by atoms with E-state index in [0.717, 1.165) is 39.4 Å². The van der Waals surface area contributed by atoms with Gasteiger partial charge in [-0.1, -0.05) is 23.8 Å². The van der Waals surface area contributed by atoms with E-state index in [2.05, 4.69) is 10.3 Å². The van der Waals surface area contributed by atoms with Gasteiger partial charge in [0.05, 0.1) is 11.4 Å². The Balaban J connectivity index is 1.35. The third-order valence-corrected chi connectivity index (χ3v) is 8.11. The number of carbonyl (C=O) groups is 2. The van der Waals surface area contributed by atoms with Gasteiger partial charge in [0.15, 0.2) is 0 Å². The summed E-state index contributed by atoms with van der Waals surface area (Å²) in [4.78, 5) is 31.4. The lowest BCUT2D eigenvalue weighted by Gasteiger charge is -2.18. The van der Waals surface area contributed by atoms with E-state index in [-0.39, 0.29) is 29.9 Å². The summed E-state index contributed by atoms with van der Waals surface area (Å²) in [7, 11) is -3.94. The highest BCUT2D eigenvalue weighted by atomic mass is 32.2. The van der Waals surface area contributed by atoms with Crippen molar-refractivity contribution in [3.8, 4) is 11.1 Å². The summed E-state index contributed by atoms with van der Waals surface area (Å²) in [6.45, 7) is 4.10. The summed E-state index contributed by atoms with van der Waals surface area (Å²) in [5, 5.41) is 3.00. The van der Waals surface area contributed by atoms with Gasteiger partial charge in [0.2, 0.25) is 0 Å². The molecule has 2 heterocycles. The molecule has 2 aliphatic rings. The van der Waals surface area contributed by atoms with Crippen molar-refractivity contribution in [1.29, 1.82) is 0 Å². The molecule has 9 heteroatoms. The van der Waals surface area contributed by atoms with Crippen LogP contribution in [0.1, 0.15) is 34.3 Å². The highest BCUT2D eigenvalue weighted by Crippen LogP contribution is 2.29. The highest BCUT2D eigenvalue weighted by Gasteiger charge is 2.39. The van der Waals surface area contributed by atoms with Gasteiger partial charge in [-0.15, -0.1) is 0 Å². The van der Waals surface area contributed by atoms with Crippen LogP contribution in [-0.2, 0) is 10.0 Å². The van der Waals surface area contributed by atoms with Crippen molar-refractivity contribution in [3.63, 3.8) is 0 Å². The molecular weight excluding hydrogens is 464 g/mol. The minimum absolute atomic E-state index is 0.0513. The molecule has 1 aliphatic carbocycles. The van der Waals surface area contributed by atoms with Crippen molar-refractivity contribution in [3.05, 3.63) is 77.5 Å². The number of carbonyl (C=O) groups excluding carboxylic acids is 2. The summed E-state index contributed by atoms with van der Waals surface area (Å²) in [6, 6.07) is 15.2. The highest BCUT2D eigenvalue weighted by molar-refractivity contribution is 7.89. The van der Waals surface area contributed by atoms with E-state index in [1.807, 2.05) is 38.1 Å². The van der Waals surface area contributed by atoms with Crippen molar-refractivity contribution in [1.82, 2.24) is 14.6 Å². The number of anilines is 1. The number of pyridine rings is 1. The molecule has 0 atom stereocenters. The lowest BCUT2D eigenvalue weighted by atomic mass is 9.99. The van der Waals surface area contributed by atoms with Crippen LogP contribution in [0.4, 0.5) is 10.6 Å². The molecule has 35 heavy (non-hydrogen) atoms. The Labute approximate surface area is 204 Å². The summed E-state index contributed by atoms with van der Waals surface area (Å²) in [5.74, 6) is 0.288. The Morgan fingerprint density at radius 1 is 1.00 bits per heavy atom. The minimum atomic E-state index is -3.94. The zero-order chi connectivity index (χ0) is 24.7. The molecule has 3 aromatic rings. The molecule has 5 rings (SSSR count). The van der Waals surface area contributed by atoms with Crippen LogP contribution in [0, 0.1) is 13.8 Å². The van der Waals surface area contributed by atoms with E-state index in [1.54, 1.807) is 24.4 Å². The number of rotatable bonds is 6. The zero-order valence-corrected chi connectivity index (χ0v) is 20.4. The van der Waals surface area contributed by atoms with Crippen molar-refractivity contribution in [2.24, 2.45) is 0 Å². The molecule has 1 N–H and O–H groups in total. The second-order valence-corrected chi connectivity index (χ2v) is 10.9. The average molecular weight is 491 g/mol. The number of hydrogen-bond acceptors (Lipinski definition) is 5. The van der Waals surface area contributed by atoms with Crippen molar-refractivity contribution in [2.45, 2.75) is 37.6 Å². The third-order valence-electron chi connectivity index (χ3n) is 6.33. The molecule has 8 nitrogen and oxygen atoms in total. The second-order valence-electron chi connectivity index (χ2n) is 9.01. The summed E-state index contributed by atoms with van der Waals surface area (Å²) in [5.41, 5.74) is 4.21. The monoisotopic (exact) mass is 490 g/mol. The number of hydrogen-bond donors (Lipinski definition) is 1. The van der Waals surface area contributed by atoms with Gasteiger partial charge in [-0.05, 0) is 74.2 Å². The Hall–Kier alpha value is -3.72. The van der Waals surface area contributed by atoms with E-state index in [4.69, 9.17) is 0 Å². The number of aromatic nitrogens is 1. The molecule has 1 saturated heterocycles. The van der Waals surface area contributed by atoms with Crippen LogP contribution in [0.5, 0.6) is 0 Å². The lowest BCUT2D eigenvalue weighted by Crippen LogP contribution is -2.36. The Bertz CT molecular complexity index is 1400. The Morgan fingerprint density at radius 3 is 2.40 bits per heavy atom. The van der Waals surface area contributed by atoms with Gasteiger partial charge in [0, 0.05) is 29.9 Å². The molecule has 1 aromatic heterocycles. The van der Waals surface area contributed by atoms with Crippen molar-refractivity contribution < 1.29 is 18.0 Å². The first-order chi connectivity index (χ1) is 16.7. The molecule has 1 aliphatic heterocycles. The second kappa shape index (κ2) is 8.81. The third kappa shape index (κ3) is 4.51. The van der Waals surface area contributed by atoms with Crippen LogP contribution in [0.15, 0.2) is 65.7 Å². The number of aryl methyl sites for hydroxylation is 2. The maximum Gasteiger partial charge on any atom is 0.339 e. The first-order valence-electron chi connectivity index (χ1n) is 11.5. The van der Waals surface area contributed by atoms with E-state index >= 15 is 0 Å². The average Bonchev–Trinajstić information content (AvgIpc) is 3.57. The molecular formula is C26H26N4O4S. The van der Waals surface area contributed by atoms with Gasteiger partial charge < -0.3 is 5.32 Å². The predicted molar refractivity (Wildman–Crippen MR) is 133 cm³/mol. The fourth-order valence-electron chi connectivity index (χ4n) is 4.07. The van der Waals surface area contributed by atoms with Crippen LogP contribution in [0.25, 0.3) is 11.1 Å². The van der Waals surface area contributed by atoms with E-state index in [1.165, 1.54) is 17.0 Å². The normalized spacial score (nSPS) is 16.0. The number of amides is 3. The topological polar surface area (TPSA) is 99.7 Å². The van der Waals surface area contributed by atoms with Crippen LogP contribution >= 0.6 is 0 Å². The van der Waals surface area contributed by atoms with Crippen LogP contribution in [-0.4, -0.2) is 48.8 Å². The quantitative estimate of drug-likeness (QED) is 0.565. The van der Waals surface area contributed by atoms with E-state index in [0.29, 0.717) is 11.4 Å². The first kappa shape index (κ1) is 23.0. The van der Waals surface area contributed by atoms with Gasteiger partial charge in [0.1, 0.15) is 5.82 Å². The smallest absolute Gasteiger partial charge is 0.339 e. The number of benzene rings is 2. The molecule has 2 aromatic carbocycles. The molecule has 2 fully saturated rings. The maximum absolute atomic E-state index is 13.0. The van der Waals surface area contributed by atoms with Crippen molar-refractivity contribution >= 4 is 27.8 Å². The van der Waals surface area contributed by atoms with Crippen LogP contribution in [0.2, 0.25) is 0 Å².